The van der Waals surface area contributed by atoms with Crippen LogP contribution < -0.4 is 5.32 Å². The van der Waals surface area contributed by atoms with Crippen LogP contribution in [0.5, 0.6) is 0 Å². The molecule has 2 heterocycles. The molecular weight excluding hydrogens is 290 g/mol. The lowest BCUT2D eigenvalue weighted by atomic mass is 10.0. The van der Waals surface area contributed by atoms with Gasteiger partial charge in [0, 0.05) is 32.8 Å². The molecule has 1 aromatic carbocycles. The highest BCUT2D eigenvalue weighted by atomic mass is 16.5. The van der Waals surface area contributed by atoms with E-state index in [-0.39, 0.29) is 18.1 Å². The van der Waals surface area contributed by atoms with Gasteiger partial charge in [-0.15, -0.1) is 0 Å². The minimum atomic E-state index is 0.0343. The summed E-state index contributed by atoms with van der Waals surface area (Å²) in [6, 6.07) is 11.0. The van der Waals surface area contributed by atoms with Gasteiger partial charge < -0.3 is 15.0 Å². The summed E-state index contributed by atoms with van der Waals surface area (Å²) in [6.45, 7) is 4.41. The maximum Gasteiger partial charge on any atom is 0.317 e. The molecule has 23 heavy (non-hydrogen) atoms. The number of carbonyl (C=O) groups is 1. The molecule has 2 fully saturated rings. The fourth-order valence-corrected chi connectivity index (χ4v) is 3.43. The summed E-state index contributed by atoms with van der Waals surface area (Å²) >= 11 is 0. The average molecular weight is 317 g/mol. The number of likely N-dealkylation sites (tertiary alicyclic amines) is 1. The Balaban J connectivity index is 1.49. The molecule has 126 valence electrons. The van der Waals surface area contributed by atoms with Gasteiger partial charge in [-0.3, -0.25) is 4.90 Å². The van der Waals surface area contributed by atoms with E-state index in [2.05, 4.69) is 34.5 Å². The van der Waals surface area contributed by atoms with E-state index >= 15 is 0 Å². The van der Waals surface area contributed by atoms with Crippen LogP contribution in [0, 0.1) is 0 Å². The smallest absolute Gasteiger partial charge is 0.317 e. The summed E-state index contributed by atoms with van der Waals surface area (Å²) in [5.41, 5.74) is 1.33. The maximum absolute atomic E-state index is 12.4. The monoisotopic (exact) mass is 317 g/mol. The standard InChI is InChI=1S/C18H27N3O2/c1-20(17-9-11-23-14-17)18(22)19-16-8-5-10-21(13-16)12-15-6-3-2-4-7-15/h2-4,6-7,16-17H,5,8-14H2,1H3,(H,19,22)/t16-,17-/m1/s1. The van der Waals surface area contributed by atoms with Crippen molar-refractivity contribution in [3.63, 3.8) is 0 Å². The van der Waals surface area contributed by atoms with Gasteiger partial charge in [0.15, 0.2) is 0 Å². The number of rotatable bonds is 4. The van der Waals surface area contributed by atoms with Crippen molar-refractivity contribution < 1.29 is 9.53 Å². The number of hydrogen-bond donors (Lipinski definition) is 1. The van der Waals surface area contributed by atoms with Gasteiger partial charge >= 0.3 is 6.03 Å². The molecule has 5 heteroatoms. The molecule has 2 saturated heterocycles. The van der Waals surface area contributed by atoms with Gasteiger partial charge in [0.25, 0.3) is 0 Å². The third-order valence-electron chi connectivity index (χ3n) is 4.86. The normalized spacial score (nSPS) is 25.3. The van der Waals surface area contributed by atoms with Crippen molar-refractivity contribution in [1.29, 1.82) is 0 Å². The Kier molecular flexibility index (Phi) is 5.51. The van der Waals surface area contributed by atoms with Gasteiger partial charge in [-0.05, 0) is 31.4 Å². The van der Waals surface area contributed by atoms with E-state index in [1.807, 2.05) is 18.0 Å². The molecule has 0 spiro atoms. The second-order valence-corrected chi connectivity index (χ2v) is 6.64. The molecule has 0 radical (unpaired) electrons. The molecule has 0 unspecified atom stereocenters. The van der Waals surface area contributed by atoms with Crippen molar-refractivity contribution in [2.24, 2.45) is 0 Å². The van der Waals surface area contributed by atoms with Gasteiger partial charge in [-0.2, -0.15) is 0 Å². The number of benzene rings is 1. The summed E-state index contributed by atoms with van der Waals surface area (Å²) in [4.78, 5) is 16.6. The number of nitrogens with one attached hydrogen (secondary N) is 1. The number of likely N-dealkylation sites (N-methyl/N-ethyl adjacent to an activating group) is 1. The van der Waals surface area contributed by atoms with E-state index in [0.717, 1.165) is 45.5 Å². The van der Waals surface area contributed by atoms with Crippen LogP contribution in [0.3, 0.4) is 0 Å². The van der Waals surface area contributed by atoms with Crippen LogP contribution in [0.1, 0.15) is 24.8 Å². The summed E-state index contributed by atoms with van der Waals surface area (Å²) in [6.07, 6.45) is 3.13. The van der Waals surface area contributed by atoms with Crippen LogP contribution in [-0.2, 0) is 11.3 Å². The number of hydrogen-bond acceptors (Lipinski definition) is 3. The van der Waals surface area contributed by atoms with E-state index in [4.69, 9.17) is 4.74 Å². The average Bonchev–Trinajstić information content (AvgIpc) is 3.10. The summed E-state index contributed by atoms with van der Waals surface area (Å²) in [5.74, 6) is 0. The van der Waals surface area contributed by atoms with Crippen LogP contribution in [-0.4, -0.2) is 61.3 Å². The number of ether oxygens (including phenoxy) is 1. The lowest BCUT2D eigenvalue weighted by Crippen LogP contribution is -2.52. The van der Waals surface area contributed by atoms with Crippen LogP contribution in [0.25, 0.3) is 0 Å². The Bertz CT molecular complexity index is 502. The number of piperidine rings is 1. The second kappa shape index (κ2) is 7.79. The van der Waals surface area contributed by atoms with E-state index in [1.54, 1.807) is 0 Å². The molecule has 5 nitrogen and oxygen atoms in total. The summed E-state index contributed by atoms with van der Waals surface area (Å²) in [7, 11) is 1.87. The topological polar surface area (TPSA) is 44.8 Å². The molecule has 2 atom stereocenters. The fourth-order valence-electron chi connectivity index (χ4n) is 3.43. The second-order valence-electron chi connectivity index (χ2n) is 6.64. The predicted octanol–water partition coefficient (Wildman–Crippen LogP) is 2.08. The Labute approximate surface area is 138 Å². The Morgan fingerprint density at radius 3 is 2.91 bits per heavy atom. The first-order chi connectivity index (χ1) is 11.2. The molecule has 0 bridgehead atoms. The third kappa shape index (κ3) is 4.45. The van der Waals surface area contributed by atoms with Gasteiger partial charge in [-0.1, -0.05) is 30.3 Å². The van der Waals surface area contributed by atoms with Crippen LogP contribution >= 0.6 is 0 Å². The molecule has 1 N–H and O–H groups in total. The third-order valence-corrected chi connectivity index (χ3v) is 4.86. The largest absolute Gasteiger partial charge is 0.379 e. The highest BCUT2D eigenvalue weighted by Crippen LogP contribution is 2.15. The molecule has 3 rings (SSSR count). The lowest BCUT2D eigenvalue weighted by Gasteiger charge is -2.34. The van der Waals surface area contributed by atoms with Crippen molar-refractivity contribution in [3.05, 3.63) is 35.9 Å². The minimum absolute atomic E-state index is 0.0343. The highest BCUT2D eigenvalue weighted by molar-refractivity contribution is 5.74. The maximum atomic E-state index is 12.4. The number of amides is 2. The molecule has 2 amide bonds. The zero-order chi connectivity index (χ0) is 16.1. The van der Waals surface area contributed by atoms with Crippen LogP contribution in [0.15, 0.2) is 30.3 Å². The fraction of sp³-hybridized carbons (Fsp3) is 0.611. The molecule has 1 aromatic rings. The first kappa shape index (κ1) is 16.3. The van der Waals surface area contributed by atoms with E-state index in [9.17, 15) is 4.79 Å². The van der Waals surface area contributed by atoms with Crippen molar-refractivity contribution in [2.45, 2.75) is 37.9 Å². The van der Waals surface area contributed by atoms with Crippen molar-refractivity contribution in [3.8, 4) is 0 Å². The molecular formula is C18H27N3O2. The van der Waals surface area contributed by atoms with Crippen molar-refractivity contribution in [1.82, 2.24) is 15.1 Å². The van der Waals surface area contributed by atoms with Crippen LogP contribution in [0.4, 0.5) is 4.79 Å². The summed E-state index contributed by atoms with van der Waals surface area (Å²) < 4.78 is 5.37. The number of urea groups is 1. The molecule has 0 aliphatic carbocycles. The predicted molar refractivity (Wildman–Crippen MR) is 90.3 cm³/mol. The summed E-state index contributed by atoms with van der Waals surface area (Å²) in [5, 5.41) is 3.20. The van der Waals surface area contributed by atoms with Crippen LogP contribution in [0.2, 0.25) is 0 Å². The van der Waals surface area contributed by atoms with Crippen molar-refractivity contribution in [2.75, 3.05) is 33.4 Å². The van der Waals surface area contributed by atoms with E-state index < -0.39 is 0 Å². The van der Waals surface area contributed by atoms with E-state index in [1.165, 1.54) is 5.56 Å². The quantitative estimate of drug-likeness (QED) is 0.925. The van der Waals surface area contributed by atoms with Gasteiger partial charge in [-0.25, -0.2) is 4.79 Å². The molecule has 0 saturated carbocycles. The van der Waals surface area contributed by atoms with Gasteiger partial charge in [0.1, 0.15) is 0 Å². The zero-order valence-electron chi connectivity index (χ0n) is 13.9. The Morgan fingerprint density at radius 1 is 1.35 bits per heavy atom. The molecule has 0 aromatic heterocycles. The highest BCUT2D eigenvalue weighted by Gasteiger charge is 2.27. The Hall–Kier alpha value is -1.59. The minimum Gasteiger partial charge on any atom is -0.379 e. The zero-order valence-corrected chi connectivity index (χ0v) is 13.9. The molecule has 2 aliphatic rings. The molecule has 2 aliphatic heterocycles. The first-order valence-electron chi connectivity index (χ1n) is 8.60. The van der Waals surface area contributed by atoms with Crippen molar-refractivity contribution >= 4 is 6.03 Å². The first-order valence-corrected chi connectivity index (χ1v) is 8.60. The lowest BCUT2D eigenvalue weighted by molar-refractivity contribution is 0.146. The Morgan fingerprint density at radius 2 is 2.17 bits per heavy atom. The number of nitrogens with zero attached hydrogens (tertiary/aromatic N) is 2. The van der Waals surface area contributed by atoms with Gasteiger partial charge in [0.2, 0.25) is 0 Å². The van der Waals surface area contributed by atoms with Gasteiger partial charge in [0.05, 0.1) is 12.6 Å². The van der Waals surface area contributed by atoms with E-state index in [0.29, 0.717) is 6.61 Å². The SMILES string of the molecule is CN(C(=O)N[C@@H]1CCCN(Cc2ccccc2)C1)[C@@H]1CCOC1. The number of carbonyl (C=O) groups excluding carboxylic acids is 1.